The minimum atomic E-state index is -1.96. The zero-order valence-electron chi connectivity index (χ0n) is 40.4. The number of hydrogen-bond acceptors (Lipinski definition) is 15. The van der Waals surface area contributed by atoms with Crippen LogP contribution in [-0.4, -0.2) is 156 Å². The van der Waals surface area contributed by atoms with Gasteiger partial charge >= 0.3 is 6.09 Å². The molecule has 21 heteroatoms. The van der Waals surface area contributed by atoms with E-state index in [1.54, 1.807) is 69.9 Å². The predicted octanol–water partition coefficient (Wildman–Crippen LogP) is 4.68. The number of hydrogen-bond donors (Lipinski definition) is 4. The quantitative estimate of drug-likeness (QED) is 0.0547. The lowest BCUT2D eigenvalue weighted by atomic mass is 9.73. The topological polar surface area (TPSA) is 226 Å². The van der Waals surface area contributed by atoms with Crippen molar-refractivity contribution in [3.05, 3.63) is 58.7 Å². The molecule has 5 rings (SSSR count). The molecule has 2 fully saturated rings. The molecule has 0 aliphatic carbocycles. The fraction of sp³-hybridized carbons (Fsp3) is 0.617. The van der Waals surface area contributed by atoms with Crippen molar-refractivity contribution in [1.29, 1.82) is 0 Å². The minimum Gasteiger partial charge on any atom is -0.495 e. The van der Waals surface area contributed by atoms with Crippen molar-refractivity contribution in [3.63, 3.8) is 0 Å². The van der Waals surface area contributed by atoms with Crippen molar-refractivity contribution in [2.45, 2.75) is 127 Å². The van der Waals surface area contributed by atoms with E-state index in [1.165, 1.54) is 47.0 Å². The average Bonchev–Trinajstić information content (AvgIpc) is 3.93. The molecule has 68 heavy (non-hydrogen) atoms. The summed E-state index contributed by atoms with van der Waals surface area (Å²) in [5.41, 5.74) is -2.23. The van der Waals surface area contributed by atoms with Gasteiger partial charge in [0.05, 0.1) is 31.4 Å². The second-order valence-corrected chi connectivity index (χ2v) is 22.3. The average molecular weight is 1010 g/mol. The molecule has 1 aromatic rings. The number of rotatable bonds is 17. The monoisotopic (exact) mass is 1010 g/mol. The van der Waals surface area contributed by atoms with Crippen LogP contribution in [0.1, 0.15) is 79.2 Å². The molecule has 4 heterocycles. The number of nitrogens with zero attached hydrogens (tertiary/aromatic N) is 3. The minimum absolute atomic E-state index is 0.00730. The fourth-order valence-electron chi connectivity index (χ4n) is 8.59. The second-order valence-electron chi connectivity index (χ2n) is 18.8. The van der Waals surface area contributed by atoms with Gasteiger partial charge in [-0.3, -0.25) is 34.2 Å². The number of benzene rings is 1. The number of carbonyl (C=O) groups excluding carboxylic acids is 6. The number of imide groups is 1. The normalized spacial score (nSPS) is 28.7. The summed E-state index contributed by atoms with van der Waals surface area (Å²) >= 11 is 6.83. The number of ether oxygens (including phenoxy) is 5. The number of nitrogens with one attached hydrogen (secondary N) is 2. The summed E-state index contributed by atoms with van der Waals surface area (Å²) < 4.78 is 29.4. The number of aliphatic hydroxyl groups is 2. The molecule has 18 nitrogen and oxygen atoms in total. The summed E-state index contributed by atoms with van der Waals surface area (Å²) in [6.07, 6.45) is 2.86. The molecule has 4 N–H and O–H groups in total. The van der Waals surface area contributed by atoms with Gasteiger partial charge in [0.2, 0.25) is 17.7 Å². The number of allylic oxidation sites excluding steroid dienone is 3. The Labute approximate surface area is 411 Å². The van der Waals surface area contributed by atoms with Crippen LogP contribution in [0.15, 0.2) is 48.1 Å². The second kappa shape index (κ2) is 22.7. The first-order valence-corrected chi connectivity index (χ1v) is 25.1. The molecular formula is C47H66ClN5O13S2. The molecule has 0 spiro atoms. The number of aliphatic hydroxyl groups excluding tert-OH is 1. The van der Waals surface area contributed by atoms with Crippen LogP contribution >= 0.6 is 33.2 Å². The maximum absolute atomic E-state index is 14.4. The number of anilines is 1. The molecule has 6 amide bonds. The van der Waals surface area contributed by atoms with Crippen LogP contribution in [0.5, 0.6) is 5.75 Å². The SMILES string of the molecule is COc1cc2cc(c1Cl)N(C)C(=O)C[C@H](OC(O)[C@H](C)N(C)C(=O)CCC(C)(C)SSCCNC(=O)CCN1C(=O)C=CC1=O)[C@]1(C)O[C@H]1[C@@]1(C)COC(=O)N[C@](O)(C1)[C@H](OC)/C=C/C=C(\C)C2. The number of halogens is 1. The Kier molecular flexibility index (Phi) is 18.3. The Morgan fingerprint density at radius 2 is 1.82 bits per heavy atom. The summed E-state index contributed by atoms with van der Waals surface area (Å²) in [7, 11) is 9.16. The molecule has 0 saturated carbocycles. The van der Waals surface area contributed by atoms with Crippen molar-refractivity contribution in [3.8, 4) is 5.75 Å². The number of fused-ring (bicyclic) bond motifs is 6. The summed E-state index contributed by atoms with van der Waals surface area (Å²) in [6, 6.07) is 2.70. The van der Waals surface area contributed by atoms with Crippen LogP contribution in [-0.2, 0) is 49.3 Å². The smallest absolute Gasteiger partial charge is 0.409 e. The largest absolute Gasteiger partial charge is 0.495 e. The molecular weight excluding hydrogens is 942 g/mol. The standard InChI is InChI=1S/C47H66ClN5O13S2/c1-28-12-11-13-33(63-10)47(61)26-45(5,27-64-43(60)50-47)42-46(6,66-42)34(25-39(58)52(8)31-23-30(22-28)24-32(62-9)40(31)48)65-41(59)29(2)51(7)36(55)16-18-44(3,4)68-67-21-19-49-35(54)17-20-53-37(56)14-15-38(53)57/h11-15,23-24,29,33-34,41-42,59,61H,16-22,25-27H2,1-10H3,(H,49,54)(H,50,60)/b13-11+,28-12+/t29-,33+,34-,41?,42-,45+,46-,47-/m0/s1. The Hall–Kier alpha value is -4.15. The van der Waals surface area contributed by atoms with E-state index >= 15 is 0 Å². The summed E-state index contributed by atoms with van der Waals surface area (Å²) in [5.74, 6) is -0.881. The van der Waals surface area contributed by atoms with Crippen LogP contribution in [0.3, 0.4) is 0 Å². The predicted molar refractivity (Wildman–Crippen MR) is 259 cm³/mol. The molecule has 4 aliphatic heterocycles. The highest BCUT2D eigenvalue weighted by molar-refractivity contribution is 8.77. The van der Waals surface area contributed by atoms with E-state index < -0.39 is 71.2 Å². The van der Waals surface area contributed by atoms with Crippen LogP contribution in [0.2, 0.25) is 5.02 Å². The van der Waals surface area contributed by atoms with Crippen molar-refractivity contribution in [1.82, 2.24) is 20.4 Å². The first-order valence-electron chi connectivity index (χ1n) is 22.4. The van der Waals surface area contributed by atoms with Gasteiger partial charge < -0.3 is 49.0 Å². The van der Waals surface area contributed by atoms with Gasteiger partial charge in [0.15, 0.2) is 12.0 Å². The molecule has 4 bridgehead atoms. The lowest BCUT2D eigenvalue weighted by Gasteiger charge is -2.38. The summed E-state index contributed by atoms with van der Waals surface area (Å²) in [6.45, 7) is 11.3. The van der Waals surface area contributed by atoms with E-state index in [4.69, 9.17) is 35.3 Å². The van der Waals surface area contributed by atoms with Crippen LogP contribution < -0.4 is 20.3 Å². The lowest BCUT2D eigenvalue weighted by Crippen LogP contribution is -2.58. The third-order valence-electron chi connectivity index (χ3n) is 12.8. The van der Waals surface area contributed by atoms with Gasteiger partial charge in [-0.15, -0.1) is 0 Å². The number of methoxy groups -OCH3 is 2. The zero-order chi connectivity index (χ0) is 50.4. The summed E-state index contributed by atoms with van der Waals surface area (Å²) in [4.78, 5) is 80.6. The molecule has 4 aliphatic rings. The maximum Gasteiger partial charge on any atom is 0.409 e. The van der Waals surface area contributed by atoms with E-state index in [2.05, 4.69) is 10.6 Å². The third-order valence-corrected chi connectivity index (χ3v) is 16.5. The zero-order valence-corrected chi connectivity index (χ0v) is 42.8. The molecule has 0 radical (unpaired) electrons. The fourth-order valence-corrected chi connectivity index (χ4v) is 11.4. The van der Waals surface area contributed by atoms with E-state index in [0.717, 1.165) is 16.0 Å². The van der Waals surface area contributed by atoms with Gasteiger partial charge in [0.25, 0.3) is 11.8 Å². The number of epoxide rings is 1. The Morgan fingerprint density at radius 1 is 1.13 bits per heavy atom. The highest BCUT2D eigenvalue weighted by Gasteiger charge is 2.68. The van der Waals surface area contributed by atoms with E-state index in [-0.39, 0.29) is 60.4 Å². The van der Waals surface area contributed by atoms with Crippen LogP contribution in [0, 0.1) is 5.41 Å². The lowest BCUT2D eigenvalue weighted by molar-refractivity contribution is -0.187. The van der Waals surface area contributed by atoms with Gasteiger partial charge in [0, 0.05) is 81.6 Å². The molecule has 0 aromatic heterocycles. The number of cyclic esters (lactones) is 1. The van der Waals surface area contributed by atoms with Crippen LogP contribution in [0.4, 0.5) is 10.5 Å². The van der Waals surface area contributed by atoms with Crippen molar-refractivity contribution >= 4 is 74.5 Å². The van der Waals surface area contributed by atoms with E-state index in [1.807, 2.05) is 26.8 Å². The molecule has 8 atom stereocenters. The number of likely N-dealkylation sites (N-methyl/N-ethyl adjacent to an activating group) is 1. The van der Waals surface area contributed by atoms with Gasteiger partial charge in [-0.25, -0.2) is 4.79 Å². The van der Waals surface area contributed by atoms with E-state index in [9.17, 15) is 39.0 Å². The van der Waals surface area contributed by atoms with Crippen molar-refractivity contribution < 1.29 is 62.7 Å². The first kappa shape index (κ1) is 54.8. The first-order chi connectivity index (χ1) is 31.9. The van der Waals surface area contributed by atoms with Gasteiger partial charge in [-0.2, -0.15) is 0 Å². The Bertz CT molecular complexity index is 2160. The van der Waals surface area contributed by atoms with Gasteiger partial charge in [0.1, 0.15) is 35.2 Å². The molecule has 2 saturated heterocycles. The maximum atomic E-state index is 14.4. The van der Waals surface area contributed by atoms with Gasteiger partial charge in [-0.1, -0.05) is 63.9 Å². The highest BCUT2D eigenvalue weighted by atomic mass is 35.5. The molecule has 376 valence electrons. The van der Waals surface area contributed by atoms with Gasteiger partial charge in [-0.05, 0) is 65.2 Å². The van der Waals surface area contributed by atoms with Crippen LogP contribution in [0.25, 0.3) is 0 Å². The Morgan fingerprint density at radius 3 is 2.49 bits per heavy atom. The summed E-state index contributed by atoms with van der Waals surface area (Å²) in [5, 5.41) is 29.5. The van der Waals surface area contributed by atoms with Crippen molar-refractivity contribution in [2.75, 3.05) is 58.7 Å². The Balaban J connectivity index is 1.28. The number of carbonyl (C=O) groups is 6. The van der Waals surface area contributed by atoms with E-state index in [0.29, 0.717) is 36.6 Å². The number of amides is 6. The van der Waals surface area contributed by atoms with Crippen molar-refractivity contribution in [2.24, 2.45) is 5.41 Å². The molecule has 1 unspecified atom stereocenters. The number of alkyl carbamates (subject to hydrolysis) is 1. The molecule has 1 aromatic carbocycles. The highest BCUT2D eigenvalue weighted by Crippen LogP contribution is 2.55. The third kappa shape index (κ3) is 13.4.